The number of ketones is 1. The molecule has 0 fully saturated rings. The molecule has 4 nitrogen and oxygen atoms in total. The van der Waals surface area contributed by atoms with Crippen LogP contribution in [0.2, 0.25) is 20.1 Å². The number of carbonyl (C=O) groups is 1. The molecule has 2 aliphatic heterocycles. The summed E-state index contributed by atoms with van der Waals surface area (Å²) in [6.45, 7) is 7.36. The standard InChI is InChI=1S/C35H25Cl2NO.C31H16BrCl2N.C4H8O/c1-3-34(2,39)20-12-14-32-29(16-20)35(27-10-6-4-8-23(27)24-9-5-7-11-28(24)35)30-19-22(37)18-26-25-17-21(36)13-15-31(25)38(32)33(26)30;32-17-9-11-29-26(13-17)31(24-7-3-1-5-20(24)21-6-2-4-8-25(21)31)27-16-19(34)15-23-22-14-18(33)10-12-28(22)35(29)30(23)27;1-3-4(2)5/h4-19,39H,3H2,1-2H3;1-16H;3H2,1-2H3. The molecule has 0 radical (unpaired) electrons. The SMILES string of the molecule is CCC(C)(O)c1ccc2c(c1)C1(c3ccccc3-c3ccccc31)c1cc(Cl)cc3c4cc(Cl)ccc4n-2c13.CCC(C)=O.Clc1ccc2c(c1)c1cc(Cl)cc3c1n2-c1ccc(Br)cc1C31c2ccccc2-c2ccccc21. The molecule has 1 N–H and O–H groups in total. The number of aromatic nitrogens is 2. The minimum atomic E-state index is -0.954. The van der Waals surface area contributed by atoms with Gasteiger partial charge in [-0.2, -0.15) is 0 Å². The first-order valence-electron chi connectivity index (χ1n) is 26.7. The average molecular weight is 1170 g/mol. The van der Waals surface area contributed by atoms with Crippen LogP contribution in [0.4, 0.5) is 0 Å². The third-order valence-corrected chi connectivity index (χ3v) is 18.7. The molecule has 16 rings (SSSR count). The minimum Gasteiger partial charge on any atom is -0.385 e. The molecule has 386 valence electrons. The van der Waals surface area contributed by atoms with Crippen molar-refractivity contribution in [3.05, 3.63) is 269 Å². The molecule has 2 aliphatic carbocycles. The zero-order chi connectivity index (χ0) is 54.4. The van der Waals surface area contributed by atoms with Gasteiger partial charge in [0.1, 0.15) is 5.78 Å². The highest BCUT2D eigenvalue weighted by atomic mass is 79.9. The van der Waals surface area contributed by atoms with Gasteiger partial charge < -0.3 is 19.0 Å². The molecule has 1 unspecified atom stereocenters. The molecule has 9 heteroatoms. The Hall–Kier alpha value is -6.93. The first kappa shape index (κ1) is 50.3. The molecule has 4 aliphatic rings. The van der Waals surface area contributed by atoms with Gasteiger partial charge in [0.05, 0.1) is 49.9 Å². The topological polar surface area (TPSA) is 47.2 Å². The lowest BCUT2D eigenvalue weighted by Gasteiger charge is -2.40. The van der Waals surface area contributed by atoms with Crippen LogP contribution in [0.5, 0.6) is 0 Å². The van der Waals surface area contributed by atoms with E-state index in [1.807, 2.05) is 39.0 Å². The Balaban J connectivity index is 0.000000132. The zero-order valence-corrected chi connectivity index (χ0v) is 48.1. The Morgan fingerprint density at radius 1 is 0.468 bits per heavy atom. The monoisotopic (exact) mass is 1170 g/mol. The van der Waals surface area contributed by atoms with E-state index in [1.165, 1.54) is 66.8 Å². The Labute approximate surface area is 486 Å². The molecule has 12 aromatic rings. The summed E-state index contributed by atoms with van der Waals surface area (Å²) in [5.74, 6) is 0.255. The van der Waals surface area contributed by atoms with Crippen LogP contribution in [-0.4, -0.2) is 20.0 Å². The van der Waals surface area contributed by atoms with E-state index in [0.717, 1.165) is 75.0 Å². The second-order valence-corrected chi connectivity index (χ2v) is 24.1. The molecule has 0 saturated carbocycles. The van der Waals surface area contributed by atoms with E-state index in [9.17, 15) is 9.90 Å². The number of hydrogen-bond donors (Lipinski definition) is 1. The van der Waals surface area contributed by atoms with Crippen LogP contribution in [0.25, 0.3) is 77.2 Å². The normalized spacial score (nSPS) is 14.7. The van der Waals surface area contributed by atoms with Crippen molar-refractivity contribution < 1.29 is 9.90 Å². The van der Waals surface area contributed by atoms with Gasteiger partial charge in [0.25, 0.3) is 0 Å². The lowest BCUT2D eigenvalue weighted by Crippen LogP contribution is -2.34. The maximum Gasteiger partial charge on any atom is 0.129 e. The van der Waals surface area contributed by atoms with E-state index < -0.39 is 16.4 Å². The van der Waals surface area contributed by atoms with Gasteiger partial charge >= 0.3 is 0 Å². The Kier molecular flexibility index (Phi) is 11.7. The van der Waals surface area contributed by atoms with Gasteiger partial charge in [-0.15, -0.1) is 0 Å². The molecular weight excluding hydrogens is 1120 g/mol. The van der Waals surface area contributed by atoms with Crippen molar-refractivity contribution in [1.82, 2.24) is 9.13 Å². The molecule has 0 amide bonds. The van der Waals surface area contributed by atoms with Crippen LogP contribution in [-0.2, 0) is 21.2 Å². The summed E-state index contributed by atoms with van der Waals surface area (Å²) >= 11 is 30.7. The van der Waals surface area contributed by atoms with Gasteiger partial charge in [-0.05, 0) is 184 Å². The summed E-state index contributed by atoms with van der Waals surface area (Å²) in [6, 6.07) is 68.9. The van der Waals surface area contributed by atoms with Gasteiger partial charge in [-0.1, -0.05) is 179 Å². The van der Waals surface area contributed by atoms with E-state index in [0.29, 0.717) is 22.9 Å². The number of rotatable bonds is 3. The number of Topliss-reactive ketones (excluding diaryl/α,β-unsaturated/α-hetero) is 1. The van der Waals surface area contributed by atoms with Gasteiger partial charge in [0.15, 0.2) is 0 Å². The van der Waals surface area contributed by atoms with Crippen molar-refractivity contribution >= 4 is 112 Å². The van der Waals surface area contributed by atoms with Crippen LogP contribution in [0.3, 0.4) is 0 Å². The predicted octanol–water partition coefficient (Wildman–Crippen LogP) is 19.9. The summed E-state index contributed by atoms with van der Waals surface area (Å²) in [4.78, 5) is 9.81. The number of benzene rings is 10. The van der Waals surface area contributed by atoms with E-state index in [2.05, 4.69) is 201 Å². The summed E-state index contributed by atoms with van der Waals surface area (Å²) in [5.41, 5.74) is 20.5. The number of halogens is 5. The van der Waals surface area contributed by atoms with Crippen molar-refractivity contribution in [2.24, 2.45) is 0 Å². The van der Waals surface area contributed by atoms with E-state index in [1.54, 1.807) is 6.92 Å². The number of hydrogen-bond acceptors (Lipinski definition) is 2. The highest BCUT2D eigenvalue weighted by Crippen LogP contribution is 2.64. The predicted molar refractivity (Wildman–Crippen MR) is 332 cm³/mol. The fourth-order valence-corrected chi connectivity index (χ4v) is 14.9. The fourth-order valence-electron chi connectivity index (χ4n) is 13.7. The van der Waals surface area contributed by atoms with Crippen LogP contribution < -0.4 is 0 Å². The summed E-state index contributed by atoms with van der Waals surface area (Å²) < 4.78 is 5.81. The largest absolute Gasteiger partial charge is 0.385 e. The third kappa shape index (κ3) is 7.00. The quantitative estimate of drug-likeness (QED) is 0.192. The van der Waals surface area contributed by atoms with E-state index in [4.69, 9.17) is 46.4 Å². The Morgan fingerprint density at radius 3 is 1.25 bits per heavy atom. The Bertz CT molecular complexity index is 4530. The van der Waals surface area contributed by atoms with E-state index in [-0.39, 0.29) is 5.78 Å². The summed E-state index contributed by atoms with van der Waals surface area (Å²) in [6.07, 6.45) is 1.28. The molecule has 0 bridgehead atoms. The molecule has 4 heterocycles. The van der Waals surface area contributed by atoms with Gasteiger partial charge in [0.2, 0.25) is 0 Å². The summed E-state index contributed by atoms with van der Waals surface area (Å²) in [7, 11) is 0. The lowest BCUT2D eigenvalue weighted by atomic mass is 9.65. The highest BCUT2D eigenvalue weighted by Gasteiger charge is 2.53. The van der Waals surface area contributed by atoms with Crippen LogP contribution >= 0.6 is 62.3 Å². The first-order valence-corrected chi connectivity index (χ1v) is 29.0. The molecule has 2 spiro atoms. The maximum absolute atomic E-state index is 11.4. The van der Waals surface area contributed by atoms with Crippen molar-refractivity contribution in [2.45, 2.75) is 57.0 Å². The number of aliphatic hydroxyl groups is 1. The van der Waals surface area contributed by atoms with Gasteiger partial charge in [-0.3, -0.25) is 0 Å². The number of carbonyl (C=O) groups excluding carboxylic acids is 1. The zero-order valence-electron chi connectivity index (χ0n) is 43.5. The maximum atomic E-state index is 11.4. The average Bonchev–Trinajstić information content (AvgIpc) is 2.46. The molecule has 2 aromatic heterocycles. The van der Waals surface area contributed by atoms with Gasteiger partial charge in [0, 0.05) is 52.5 Å². The first-order chi connectivity index (χ1) is 38.2. The molecular formula is C70H49BrCl4N2O2. The van der Waals surface area contributed by atoms with Crippen molar-refractivity contribution in [3.8, 4) is 33.6 Å². The van der Waals surface area contributed by atoms with Crippen molar-refractivity contribution in [3.63, 3.8) is 0 Å². The third-order valence-electron chi connectivity index (χ3n) is 17.3. The fraction of sp³-hybridized carbons (Fsp3) is 0.129. The summed E-state index contributed by atoms with van der Waals surface area (Å²) in [5, 5.41) is 18.7. The minimum absolute atomic E-state index is 0.255. The number of nitrogens with zero attached hydrogens (tertiary/aromatic N) is 2. The molecule has 0 saturated heterocycles. The smallest absolute Gasteiger partial charge is 0.129 e. The lowest BCUT2D eigenvalue weighted by molar-refractivity contribution is -0.116. The Morgan fingerprint density at radius 2 is 0.848 bits per heavy atom. The van der Waals surface area contributed by atoms with Crippen LogP contribution in [0.15, 0.2) is 199 Å². The van der Waals surface area contributed by atoms with Crippen LogP contribution in [0.1, 0.15) is 90.6 Å². The molecule has 10 aromatic carbocycles. The second kappa shape index (κ2) is 18.3. The highest BCUT2D eigenvalue weighted by molar-refractivity contribution is 9.10. The van der Waals surface area contributed by atoms with Crippen molar-refractivity contribution in [2.75, 3.05) is 0 Å². The van der Waals surface area contributed by atoms with Gasteiger partial charge in [-0.25, -0.2) is 0 Å². The molecule has 79 heavy (non-hydrogen) atoms. The van der Waals surface area contributed by atoms with Crippen LogP contribution in [0, 0.1) is 0 Å². The van der Waals surface area contributed by atoms with Crippen molar-refractivity contribution in [1.29, 1.82) is 0 Å². The number of fused-ring (bicyclic) bond motifs is 24. The second-order valence-electron chi connectivity index (χ2n) is 21.5. The van der Waals surface area contributed by atoms with E-state index >= 15 is 0 Å². The molecule has 1 atom stereocenters.